The molecule has 34 heavy (non-hydrogen) atoms. The normalized spacial score (nSPS) is 14.6. The summed E-state index contributed by atoms with van der Waals surface area (Å²) in [5, 5.41) is 3.02. The number of hydrogen-bond donors (Lipinski definition) is 1. The molecule has 0 radical (unpaired) electrons. The number of rotatable bonds is 8. The predicted molar refractivity (Wildman–Crippen MR) is 136 cm³/mol. The number of hydrogen-bond acceptors (Lipinski definition) is 4. The molecule has 3 aromatic rings. The van der Waals surface area contributed by atoms with E-state index in [-0.39, 0.29) is 5.91 Å². The molecule has 1 aliphatic rings. The minimum Gasteiger partial charge on any atom is -0.497 e. The number of carbonyl (C=O) groups is 1. The number of likely N-dealkylation sites (tertiary alicyclic amines) is 1. The lowest BCUT2D eigenvalue weighted by atomic mass is 9.89. The van der Waals surface area contributed by atoms with Crippen LogP contribution in [0.5, 0.6) is 11.5 Å². The van der Waals surface area contributed by atoms with E-state index < -0.39 is 0 Å². The highest BCUT2D eigenvalue weighted by atomic mass is 16.5. The lowest BCUT2D eigenvalue weighted by Crippen LogP contribution is -2.32. The quantitative estimate of drug-likeness (QED) is 0.496. The molecule has 0 bridgehead atoms. The van der Waals surface area contributed by atoms with Gasteiger partial charge in [0.05, 0.1) is 14.2 Å². The van der Waals surface area contributed by atoms with Crippen molar-refractivity contribution < 1.29 is 14.3 Å². The molecule has 0 spiro atoms. The molecule has 178 valence electrons. The van der Waals surface area contributed by atoms with Crippen LogP contribution in [0.3, 0.4) is 0 Å². The highest BCUT2D eigenvalue weighted by Crippen LogP contribution is 2.31. The molecule has 0 unspecified atom stereocenters. The third kappa shape index (κ3) is 5.97. The van der Waals surface area contributed by atoms with Crippen molar-refractivity contribution in [3.05, 3.63) is 94.5 Å². The molecule has 1 N–H and O–H groups in total. The van der Waals surface area contributed by atoms with E-state index >= 15 is 0 Å². The van der Waals surface area contributed by atoms with Gasteiger partial charge < -0.3 is 14.8 Å². The standard InChI is InChI=1S/C29H34N2O3/c1-21-5-4-6-25(17-21)29(32)30-19-22-7-9-23(10-8-22)24-13-15-31(16-14-24)20-26-11-12-27(33-2)18-28(26)34-3/h4-12,17-18,24H,13-16,19-20H2,1-3H3,(H,30,32). The summed E-state index contributed by atoms with van der Waals surface area (Å²) < 4.78 is 10.9. The summed E-state index contributed by atoms with van der Waals surface area (Å²) in [6.07, 6.45) is 2.28. The van der Waals surface area contributed by atoms with Gasteiger partial charge in [-0.1, -0.05) is 48.0 Å². The van der Waals surface area contributed by atoms with E-state index in [4.69, 9.17) is 9.47 Å². The fraction of sp³-hybridized carbons (Fsp3) is 0.345. The van der Waals surface area contributed by atoms with Crippen LogP contribution in [0.4, 0.5) is 0 Å². The lowest BCUT2D eigenvalue weighted by molar-refractivity contribution is 0.0951. The molecule has 1 saturated heterocycles. The molecule has 0 aliphatic carbocycles. The van der Waals surface area contributed by atoms with Crippen LogP contribution < -0.4 is 14.8 Å². The molecule has 5 heteroatoms. The van der Waals surface area contributed by atoms with Crippen molar-refractivity contribution in [3.63, 3.8) is 0 Å². The maximum atomic E-state index is 12.4. The largest absolute Gasteiger partial charge is 0.497 e. The van der Waals surface area contributed by atoms with Gasteiger partial charge in [-0.15, -0.1) is 0 Å². The number of nitrogens with zero attached hydrogens (tertiary/aromatic N) is 1. The van der Waals surface area contributed by atoms with Crippen LogP contribution in [-0.4, -0.2) is 38.1 Å². The van der Waals surface area contributed by atoms with Gasteiger partial charge in [-0.25, -0.2) is 0 Å². The Balaban J connectivity index is 1.27. The van der Waals surface area contributed by atoms with Gasteiger partial charge in [0.15, 0.2) is 0 Å². The number of benzene rings is 3. The van der Waals surface area contributed by atoms with Crippen LogP contribution in [0.15, 0.2) is 66.7 Å². The van der Waals surface area contributed by atoms with Crippen LogP contribution in [0.2, 0.25) is 0 Å². The number of piperidine rings is 1. The van der Waals surface area contributed by atoms with Crippen molar-refractivity contribution >= 4 is 5.91 Å². The first-order chi connectivity index (χ1) is 16.6. The molecule has 0 atom stereocenters. The molecule has 1 aliphatic heterocycles. The molecule has 3 aromatic carbocycles. The van der Waals surface area contributed by atoms with E-state index in [2.05, 4.69) is 40.5 Å². The van der Waals surface area contributed by atoms with Crippen molar-refractivity contribution in [2.24, 2.45) is 0 Å². The van der Waals surface area contributed by atoms with Crippen molar-refractivity contribution in [1.29, 1.82) is 0 Å². The van der Waals surface area contributed by atoms with Gasteiger partial charge in [-0.3, -0.25) is 9.69 Å². The molecule has 4 rings (SSSR count). The second-order valence-electron chi connectivity index (χ2n) is 9.02. The first kappa shape index (κ1) is 23.8. The van der Waals surface area contributed by atoms with E-state index in [1.165, 1.54) is 11.1 Å². The summed E-state index contributed by atoms with van der Waals surface area (Å²) in [5.41, 5.74) is 5.49. The smallest absolute Gasteiger partial charge is 0.251 e. The second kappa shape index (κ2) is 11.2. The Bertz CT molecular complexity index is 1100. The number of nitrogens with one attached hydrogen (secondary N) is 1. The number of ether oxygens (including phenoxy) is 2. The van der Waals surface area contributed by atoms with Crippen molar-refractivity contribution in [2.45, 2.75) is 38.8 Å². The minimum absolute atomic E-state index is 0.0337. The summed E-state index contributed by atoms with van der Waals surface area (Å²) in [4.78, 5) is 14.9. The van der Waals surface area contributed by atoms with E-state index in [0.717, 1.165) is 55.1 Å². The zero-order valence-electron chi connectivity index (χ0n) is 20.3. The van der Waals surface area contributed by atoms with Gasteiger partial charge in [0, 0.05) is 30.3 Å². The molecule has 0 aromatic heterocycles. The summed E-state index contributed by atoms with van der Waals surface area (Å²) >= 11 is 0. The predicted octanol–water partition coefficient (Wildman–Crippen LogP) is 5.32. The van der Waals surface area contributed by atoms with Crippen LogP contribution in [-0.2, 0) is 13.1 Å². The monoisotopic (exact) mass is 458 g/mol. The van der Waals surface area contributed by atoms with E-state index in [9.17, 15) is 4.79 Å². The van der Waals surface area contributed by atoms with E-state index in [0.29, 0.717) is 18.0 Å². The molecule has 1 fully saturated rings. The Morgan fingerprint density at radius 1 is 0.971 bits per heavy atom. The van der Waals surface area contributed by atoms with Crippen molar-refractivity contribution in [3.8, 4) is 11.5 Å². The Morgan fingerprint density at radius 3 is 2.41 bits per heavy atom. The molecular formula is C29H34N2O3. The third-order valence-electron chi connectivity index (χ3n) is 6.66. The van der Waals surface area contributed by atoms with Gasteiger partial charge in [-0.2, -0.15) is 0 Å². The Labute approximate surface area is 202 Å². The van der Waals surface area contributed by atoms with Gasteiger partial charge in [-0.05, 0) is 68.1 Å². The number of aryl methyl sites for hydroxylation is 1. The fourth-order valence-electron chi connectivity index (χ4n) is 4.63. The first-order valence-electron chi connectivity index (χ1n) is 11.9. The van der Waals surface area contributed by atoms with Crippen LogP contribution >= 0.6 is 0 Å². The maximum absolute atomic E-state index is 12.4. The number of carbonyl (C=O) groups excluding carboxylic acids is 1. The highest BCUT2D eigenvalue weighted by molar-refractivity contribution is 5.94. The minimum atomic E-state index is -0.0337. The molecule has 1 heterocycles. The van der Waals surface area contributed by atoms with Crippen LogP contribution in [0.25, 0.3) is 0 Å². The zero-order chi connectivity index (χ0) is 23.9. The summed E-state index contributed by atoms with van der Waals surface area (Å²) in [6, 6.07) is 22.4. The van der Waals surface area contributed by atoms with Crippen LogP contribution in [0.1, 0.15) is 51.4 Å². The summed E-state index contributed by atoms with van der Waals surface area (Å²) in [5.74, 6) is 2.24. The van der Waals surface area contributed by atoms with E-state index in [1.807, 2.05) is 43.3 Å². The number of methoxy groups -OCH3 is 2. The highest BCUT2D eigenvalue weighted by Gasteiger charge is 2.21. The second-order valence-corrected chi connectivity index (χ2v) is 9.02. The SMILES string of the molecule is COc1ccc(CN2CCC(c3ccc(CNC(=O)c4cccc(C)c4)cc3)CC2)c(OC)c1. The maximum Gasteiger partial charge on any atom is 0.251 e. The average Bonchev–Trinajstić information content (AvgIpc) is 2.88. The molecule has 1 amide bonds. The lowest BCUT2D eigenvalue weighted by Gasteiger charge is -2.32. The molecule has 5 nitrogen and oxygen atoms in total. The zero-order valence-corrected chi connectivity index (χ0v) is 20.3. The van der Waals surface area contributed by atoms with Gasteiger partial charge >= 0.3 is 0 Å². The summed E-state index contributed by atoms with van der Waals surface area (Å²) in [7, 11) is 3.38. The topological polar surface area (TPSA) is 50.8 Å². The van der Waals surface area contributed by atoms with Gasteiger partial charge in [0.1, 0.15) is 11.5 Å². The fourth-order valence-corrected chi connectivity index (χ4v) is 4.63. The molecule has 0 saturated carbocycles. The Morgan fingerprint density at radius 2 is 1.74 bits per heavy atom. The van der Waals surface area contributed by atoms with Crippen molar-refractivity contribution in [1.82, 2.24) is 10.2 Å². The van der Waals surface area contributed by atoms with Gasteiger partial charge in [0.25, 0.3) is 5.91 Å². The number of amides is 1. The summed E-state index contributed by atoms with van der Waals surface area (Å²) in [6.45, 7) is 5.55. The van der Waals surface area contributed by atoms with E-state index in [1.54, 1.807) is 14.2 Å². The molecular weight excluding hydrogens is 424 g/mol. The van der Waals surface area contributed by atoms with Crippen molar-refractivity contribution in [2.75, 3.05) is 27.3 Å². The average molecular weight is 459 g/mol. The van der Waals surface area contributed by atoms with Gasteiger partial charge in [0.2, 0.25) is 0 Å². The third-order valence-corrected chi connectivity index (χ3v) is 6.66. The van der Waals surface area contributed by atoms with Crippen LogP contribution in [0, 0.1) is 6.92 Å². The Kier molecular flexibility index (Phi) is 7.86. The first-order valence-corrected chi connectivity index (χ1v) is 11.9. The Hall–Kier alpha value is -3.31.